The average molecular weight is 545 g/mol. The molecule has 2 unspecified atom stereocenters. The molecule has 2 aliphatic heterocycles. The van der Waals surface area contributed by atoms with Crippen LogP contribution in [0.1, 0.15) is 76.0 Å². The predicted molar refractivity (Wildman–Crippen MR) is 152 cm³/mol. The van der Waals surface area contributed by atoms with Crippen molar-refractivity contribution in [2.24, 2.45) is 11.8 Å². The second-order valence-electron chi connectivity index (χ2n) is 10.2. The van der Waals surface area contributed by atoms with E-state index in [4.69, 9.17) is 17.3 Å². The van der Waals surface area contributed by atoms with Crippen molar-refractivity contribution in [2.75, 3.05) is 24.5 Å². The monoisotopic (exact) mass is 544 g/mol. The third-order valence-electron chi connectivity index (χ3n) is 6.88. The van der Waals surface area contributed by atoms with Gasteiger partial charge in [-0.15, -0.1) is 0 Å². The summed E-state index contributed by atoms with van der Waals surface area (Å²) in [5.41, 5.74) is 1.14. The molecule has 1 amide bonds. The van der Waals surface area contributed by atoms with Gasteiger partial charge in [-0.1, -0.05) is 51.2 Å². The van der Waals surface area contributed by atoms with Gasteiger partial charge in [0.05, 0.1) is 4.91 Å². The van der Waals surface area contributed by atoms with Crippen LogP contribution in [0.25, 0.3) is 6.08 Å². The Balaban J connectivity index is 2.03. The molecule has 8 nitrogen and oxygen atoms in total. The number of nitriles is 1. The zero-order valence-electron chi connectivity index (χ0n) is 22.1. The topological polar surface area (TPSA) is 107 Å². The van der Waals surface area contributed by atoms with E-state index in [2.05, 4.69) is 24.8 Å². The van der Waals surface area contributed by atoms with Crippen LogP contribution in [0.15, 0.2) is 9.70 Å². The first-order valence-corrected chi connectivity index (χ1v) is 14.2. The molecule has 2 aliphatic rings. The van der Waals surface area contributed by atoms with E-state index >= 15 is 0 Å². The number of carbonyl (C=O) groups excluding carboxylic acids is 1. The number of anilines is 1. The Morgan fingerprint density at radius 2 is 1.86 bits per heavy atom. The third-order valence-corrected chi connectivity index (χ3v) is 8.26. The fraction of sp³-hybridized carbons (Fsp3) is 0.593. The summed E-state index contributed by atoms with van der Waals surface area (Å²) in [6.07, 6.45) is 5.71. The van der Waals surface area contributed by atoms with E-state index in [1.165, 1.54) is 11.8 Å². The molecule has 1 aromatic rings. The fourth-order valence-electron chi connectivity index (χ4n) is 5.30. The largest absolute Gasteiger partial charge is 0.481 e. The lowest BCUT2D eigenvalue weighted by Gasteiger charge is -2.39. The molecule has 3 rings (SSSR count). The minimum atomic E-state index is -0.821. The van der Waals surface area contributed by atoms with Crippen LogP contribution in [0.5, 0.6) is 0 Å². The zero-order valence-corrected chi connectivity index (χ0v) is 23.7. The number of unbranched alkanes of at least 4 members (excludes halogenated alkanes) is 2. The molecule has 0 aliphatic carbocycles. The highest BCUT2D eigenvalue weighted by Crippen LogP contribution is 2.37. The van der Waals surface area contributed by atoms with Crippen molar-refractivity contribution in [3.8, 4) is 6.07 Å². The van der Waals surface area contributed by atoms with Crippen LogP contribution in [0, 0.1) is 30.1 Å². The van der Waals surface area contributed by atoms with Crippen molar-refractivity contribution in [3.63, 3.8) is 0 Å². The van der Waals surface area contributed by atoms with Crippen LogP contribution in [-0.2, 0) is 16.1 Å². The lowest BCUT2D eigenvalue weighted by atomic mass is 9.91. The number of pyridine rings is 1. The van der Waals surface area contributed by atoms with Crippen molar-refractivity contribution in [1.29, 1.82) is 5.26 Å². The third kappa shape index (κ3) is 6.63. The molecule has 2 fully saturated rings. The maximum absolute atomic E-state index is 13.4. The standard InChI is InChI=1S/C27H36N4O4S2/c1-5-10-30-24(29-15-17(2)12-18(3)16-29)20(19(4)21(14-28)25(30)34)13-22-26(35)31(27(36)37-22)11-8-6-7-9-23(32)33/h13,17-18H,5-12,15-16H2,1-4H3,(H,32,33)/b22-13-. The predicted octanol–water partition coefficient (Wildman–Crippen LogP) is 4.77. The van der Waals surface area contributed by atoms with E-state index in [-0.39, 0.29) is 23.5 Å². The van der Waals surface area contributed by atoms with Gasteiger partial charge in [-0.05, 0) is 56.1 Å². The van der Waals surface area contributed by atoms with Crippen molar-refractivity contribution < 1.29 is 14.7 Å². The molecule has 3 heterocycles. The summed E-state index contributed by atoms with van der Waals surface area (Å²) >= 11 is 6.74. The Morgan fingerprint density at radius 3 is 2.46 bits per heavy atom. The van der Waals surface area contributed by atoms with Gasteiger partial charge in [-0.25, -0.2) is 0 Å². The smallest absolute Gasteiger partial charge is 0.303 e. The molecule has 0 aromatic carbocycles. The Morgan fingerprint density at radius 1 is 1.19 bits per heavy atom. The lowest BCUT2D eigenvalue weighted by molar-refractivity contribution is -0.137. The Kier molecular flexibility index (Phi) is 9.96. The number of aromatic nitrogens is 1. The van der Waals surface area contributed by atoms with Gasteiger partial charge >= 0.3 is 5.97 Å². The number of carboxylic acid groups (broad SMARTS) is 1. The van der Waals surface area contributed by atoms with Crippen molar-refractivity contribution in [1.82, 2.24) is 9.47 Å². The minimum absolute atomic E-state index is 0.107. The molecular weight excluding hydrogens is 508 g/mol. The number of thiocarbonyl (C=S) groups is 1. The normalized spacial score (nSPS) is 21.1. The van der Waals surface area contributed by atoms with Crippen LogP contribution in [-0.4, -0.2) is 50.4 Å². The Bertz CT molecular complexity index is 1190. The van der Waals surface area contributed by atoms with Crippen LogP contribution in [0.2, 0.25) is 0 Å². The van der Waals surface area contributed by atoms with E-state index in [0.29, 0.717) is 59.0 Å². The van der Waals surface area contributed by atoms with Gasteiger partial charge in [-0.3, -0.25) is 23.9 Å². The highest BCUT2D eigenvalue weighted by molar-refractivity contribution is 8.26. The maximum Gasteiger partial charge on any atom is 0.303 e. The highest BCUT2D eigenvalue weighted by atomic mass is 32.2. The van der Waals surface area contributed by atoms with Gasteiger partial charge in [0.1, 0.15) is 21.8 Å². The van der Waals surface area contributed by atoms with E-state index in [0.717, 1.165) is 37.3 Å². The number of hydrogen-bond acceptors (Lipinski definition) is 7. The van der Waals surface area contributed by atoms with E-state index in [1.807, 2.05) is 13.0 Å². The quantitative estimate of drug-likeness (QED) is 0.255. The summed E-state index contributed by atoms with van der Waals surface area (Å²) in [5.74, 6) is 0.680. The van der Waals surface area contributed by atoms with Gasteiger partial charge in [0.25, 0.3) is 11.5 Å². The van der Waals surface area contributed by atoms with Gasteiger partial charge in [0, 0.05) is 38.2 Å². The number of piperidine rings is 1. The molecule has 10 heteroatoms. The molecule has 37 heavy (non-hydrogen) atoms. The van der Waals surface area contributed by atoms with Crippen LogP contribution >= 0.6 is 24.0 Å². The molecule has 0 spiro atoms. The maximum atomic E-state index is 13.4. The summed E-state index contributed by atoms with van der Waals surface area (Å²) in [6, 6.07) is 2.10. The molecule has 0 saturated carbocycles. The molecule has 2 saturated heterocycles. The minimum Gasteiger partial charge on any atom is -0.481 e. The number of rotatable bonds is 10. The Hall–Kier alpha value is -2.64. The Labute approximate surface area is 228 Å². The number of thioether (sulfide) groups is 1. The molecule has 1 N–H and O–H groups in total. The summed E-state index contributed by atoms with van der Waals surface area (Å²) in [6.45, 7) is 10.7. The molecule has 0 bridgehead atoms. The highest BCUT2D eigenvalue weighted by Gasteiger charge is 2.34. The van der Waals surface area contributed by atoms with Crippen LogP contribution < -0.4 is 10.5 Å². The number of nitrogens with zero attached hydrogens (tertiary/aromatic N) is 4. The van der Waals surface area contributed by atoms with Gasteiger partial charge in [0.2, 0.25) is 0 Å². The summed E-state index contributed by atoms with van der Waals surface area (Å²) in [7, 11) is 0. The van der Waals surface area contributed by atoms with Gasteiger partial charge in [0.15, 0.2) is 0 Å². The van der Waals surface area contributed by atoms with E-state index in [1.54, 1.807) is 16.4 Å². The van der Waals surface area contributed by atoms with E-state index in [9.17, 15) is 19.6 Å². The molecule has 1 aromatic heterocycles. The van der Waals surface area contributed by atoms with Crippen LogP contribution in [0.4, 0.5) is 5.82 Å². The number of carbonyl (C=O) groups is 2. The van der Waals surface area contributed by atoms with Crippen molar-refractivity contribution >= 4 is 52.1 Å². The SMILES string of the molecule is CCCn1c(N2CC(C)CC(C)C2)c(/C=C2\SC(=S)N(CCCCCC(=O)O)C2=O)c(C)c(C#N)c1=O. The number of carboxylic acids is 1. The zero-order chi connectivity index (χ0) is 27.3. The number of aliphatic carboxylic acids is 1. The first-order chi connectivity index (χ1) is 17.6. The first kappa shape index (κ1) is 28.9. The van der Waals surface area contributed by atoms with Gasteiger partial charge < -0.3 is 10.0 Å². The summed E-state index contributed by atoms with van der Waals surface area (Å²) in [5, 5.41) is 18.7. The second kappa shape index (κ2) is 12.7. The average Bonchev–Trinajstić information content (AvgIpc) is 3.08. The van der Waals surface area contributed by atoms with Crippen molar-refractivity contribution in [2.45, 2.75) is 72.8 Å². The fourth-order valence-corrected chi connectivity index (χ4v) is 6.59. The van der Waals surface area contributed by atoms with E-state index < -0.39 is 5.97 Å². The number of hydrogen-bond donors (Lipinski definition) is 1. The molecule has 2 atom stereocenters. The first-order valence-electron chi connectivity index (χ1n) is 13.0. The summed E-state index contributed by atoms with van der Waals surface area (Å²) < 4.78 is 2.18. The molecule has 200 valence electrons. The second-order valence-corrected chi connectivity index (χ2v) is 11.9. The summed E-state index contributed by atoms with van der Waals surface area (Å²) in [4.78, 5) is 41.7. The van der Waals surface area contributed by atoms with Crippen LogP contribution in [0.3, 0.4) is 0 Å². The number of amides is 1. The molecule has 0 radical (unpaired) electrons. The lowest BCUT2D eigenvalue weighted by Crippen LogP contribution is -2.43. The van der Waals surface area contributed by atoms with Crippen molar-refractivity contribution in [3.05, 3.63) is 31.9 Å². The van der Waals surface area contributed by atoms with Gasteiger partial charge in [-0.2, -0.15) is 5.26 Å². The molecular formula is C27H36N4O4S2.